The summed E-state index contributed by atoms with van der Waals surface area (Å²) in [6.07, 6.45) is 2.81. The van der Waals surface area contributed by atoms with E-state index in [0.29, 0.717) is 0 Å². The van der Waals surface area contributed by atoms with Gasteiger partial charge in [0.25, 0.3) is 0 Å². The van der Waals surface area contributed by atoms with E-state index in [4.69, 9.17) is 0 Å². The minimum absolute atomic E-state index is 0.940. The molecule has 1 saturated carbocycles. The van der Waals surface area contributed by atoms with Crippen LogP contribution in [0.1, 0.15) is 12.8 Å². The predicted molar refractivity (Wildman–Crippen MR) is 43.6 cm³/mol. The average molecular weight is 140 g/mol. The van der Waals surface area contributed by atoms with E-state index in [1.807, 2.05) is 7.05 Å². The molecule has 0 aromatic rings. The smallest absolute Gasteiger partial charge is 0.0933 e. The van der Waals surface area contributed by atoms with Gasteiger partial charge in [-0.3, -0.25) is 0 Å². The number of hydrogen-bond acceptors (Lipinski definition) is 2. The Hall–Kier alpha value is -0.660. The van der Waals surface area contributed by atoms with E-state index in [-0.39, 0.29) is 0 Å². The molecule has 1 rings (SSSR count). The van der Waals surface area contributed by atoms with Crippen molar-refractivity contribution in [2.45, 2.75) is 12.8 Å². The Bertz CT molecular complexity index is 127. The van der Waals surface area contributed by atoms with Crippen LogP contribution in [0, 0.1) is 5.92 Å². The Morgan fingerprint density at radius 2 is 2.30 bits per heavy atom. The first-order chi connectivity index (χ1) is 4.74. The highest BCUT2D eigenvalue weighted by Gasteiger charge is 2.22. The van der Waals surface area contributed by atoms with Crippen LogP contribution in [0.3, 0.4) is 0 Å². The molecule has 0 atom stereocenters. The fourth-order valence-corrected chi connectivity index (χ4v) is 0.989. The summed E-state index contributed by atoms with van der Waals surface area (Å²) in [5.41, 5.74) is 0. The molecule has 0 aliphatic heterocycles. The van der Waals surface area contributed by atoms with E-state index in [2.05, 4.69) is 23.8 Å². The van der Waals surface area contributed by atoms with Crippen LogP contribution in [-0.4, -0.2) is 25.5 Å². The standard InChI is InChI=1S/C8H16N2/c1-7(9-2)10(3)6-8-4-5-8/h8-9H,1,4-6H2,2-3H3. The first-order valence-corrected chi connectivity index (χ1v) is 3.82. The van der Waals surface area contributed by atoms with Gasteiger partial charge in [0.2, 0.25) is 0 Å². The highest BCUT2D eigenvalue weighted by Crippen LogP contribution is 2.29. The molecule has 0 aromatic heterocycles. The molecular weight excluding hydrogens is 124 g/mol. The lowest BCUT2D eigenvalue weighted by Gasteiger charge is -2.20. The topological polar surface area (TPSA) is 15.3 Å². The number of nitrogens with zero attached hydrogens (tertiary/aromatic N) is 1. The molecule has 58 valence electrons. The van der Waals surface area contributed by atoms with E-state index < -0.39 is 0 Å². The van der Waals surface area contributed by atoms with Crippen molar-refractivity contribution in [3.8, 4) is 0 Å². The first kappa shape index (κ1) is 7.45. The third-order valence-corrected chi connectivity index (χ3v) is 1.98. The highest BCUT2D eigenvalue weighted by atomic mass is 15.2. The molecule has 2 nitrogen and oxygen atoms in total. The zero-order chi connectivity index (χ0) is 7.56. The molecule has 1 N–H and O–H groups in total. The van der Waals surface area contributed by atoms with Gasteiger partial charge in [0.15, 0.2) is 0 Å². The molecule has 0 heterocycles. The molecule has 0 unspecified atom stereocenters. The van der Waals surface area contributed by atoms with Gasteiger partial charge in [-0.15, -0.1) is 0 Å². The molecule has 1 aliphatic rings. The Morgan fingerprint density at radius 1 is 1.70 bits per heavy atom. The van der Waals surface area contributed by atoms with Gasteiger partial charge in [0.1, 0.15) is 0 Å². The van der Waals surface area contributed by atoms with Gasteiger partial charge in [-0.05, 0) is 18.8 Å². The summed E-state index contributed by atoms with van der Waals surface area (Å²) in [5, 5.41) is 3.03. The van der Waals surface area contributed by atoms with Crippen molar-refractivity contribution in [3.05, 3.63) is 12.4 Å². The van der Waals surface area contributed by atoms with Crippen LogP contribution in [0.15, 0.2) is 12.4 Å². The van der Waals surface area contributed by atoms with E-state index in [9.17, 15) is 0 Å². The van der Waals surface area contributed by atoms with Crippen LogP contribution < -0.4 is 5.32 Å². The summed E-state index contributed by atoms with van der Waals surface area (Å²) >= 11 is 0. The molecule has 0 spiro atoms. The summed E-state index contributed by atoms with van der Waals surface area (Å²) in [6.45, 7) is 5.04. The van der Waals surface area contributed by atoms with Crippen LogP contribution >= 0.6 is 0 Å². The van der Waals surface area contributed by atoms with E-state index in [1.165, 1.54) is 19.4 Å². The van der Waals surface area contributed by atoms with Crippen molar-refractivity contribution in [1.29, 1.82) is 0 Å². The van der Waals surface area contributed by atoms with Crippen LogP contribution in [0.25, 0.3) is 0 Å². The number of nitrogens with one attached hydrogen (secondary N) is 1. The van der Waals surface area contributed by atoms with Gasteiger partial charge in [-0.2, -0.15) is 0 Å². The number of hydrogen-bond donors (Lipinski definition) is 1. The second-order valence-corrected chi connectivity index (χ2v) is 3.02. The normalized spacial score (nSPS) is 16.6. The molecule has 0 saturated heterocycles. The fraction of sp³-hybridized carbons (Fsp3) is 0.750. The molecule has 1 fully saturated rings. The lowest BCUT2D eigenvalue weighted by atomic mass is 10.4. The zero-order valence-electron chi connectivity index (χ0n) is 6.85. The van der Waals surface area contributed by atoms with Gasteiger partial charge < -0.3 is 10.2 Å². The summed E-state index contributed by atoms with van der Waals surface area (Å²) < 4.78 is 0. The van der Waals surface area contributed by atoms with Gasteiger partial charge in [-0.25, -0.2) is 0 Å². The SMILES string of the molecule is C=C(NC)N(C)CC1CC1. The van der Waals surface area contributed by atoms with Gasteiger partial charge in [0.05, 0.1) is 5.82 Å². The third kappa shape index (κ3) is 1.94. The maximum absolute atomic E-state index is 3.87. The highest BCUT2D eigenvalue weighted by molar-refractivity contribution is 4.90. The Morgan fingerprint density at radius 3 is 2.70 bits per heavy atom. The van der Waals surface area contributed by atoms with Crippen LogP contribution in [0.4, 0.5) is 0 Å². The van der Waals surface area contributed by atoms with Crippen LogP contribution in [-0.2, 0) is 0 Å². The van der Waals surface area contributed by atoms with E-state index in [0.717, 1.165) is 11.7 Å². The zero-order valence-corrected chi connectivity index (χ0v) is 6.85. The first-order valence-electron chi connectivity index (χ1n) is 3.82. The molecule has 0 bridgehead atoms. The molecule has 0 amide bonds. The fourth-order valence-electron chi connectivity index (χ4n) is 0.989. The van der Waals surface area contributed by atoms with Gasteiger partial charge >= 0.3 is 0 Å². The quantitative estimate of drug-likeness (QED) is 0.627. The second-order valence-electron chi connectivity index (χ2n) is 3.02. The maximum Gasteiger partial charge on any atom is 0.0933 e. The minimum Gasteiger partial charge on any atom is -0.375 e. The van der Waals surface area contributed by atoms with Crippen molar-refractivity contribution >= 4 is 0 Å². The lowest BCUT2D eigenvalue weighted by molar-refractivity contribution is 0.377. The molecule has 1 aliphatic carbocycles. The van der Waals surface area contributed by atoms with E-state index >= 15 is 0 Å². The maximum atomic E-state index is 3.87. The monoisotopic (exact) mass is 140 g/mol. The Balaban J connectivity index is 2.18. The van der Waals surface area contributed by atoms with Crippen LogP contribution in [0.2, 0.25) is 0 Å². The van der Waals surface area contributed by atoms with E-state index in [1.54, 1.807) is 0 Å². The number of rotatable bonds is 4. The van der Waals surface area contributed by atoms with Gasteiger partial charge in [0, 0.05) is 20.6 Å². The molecule has 2 heteroatoms. The van der Waals surface area contributed by atoms with Crippen LogP contribution in [0.5, 0.6) is 0 Å². The summed E-state index contributed by atoms with van der Waals surface area (Å²) in [6, 6.07) is 0. The van der Waals surface area contributed by atoms with Crippen molar-refractivity contribution in [3.63, 3.8) is 0 Å². The molecule has 0 radical (unpaired) electrons. The second kappa shape index (κ2) is 2.95. The largest absolute Gasteiger partial charge is 0.375 e. The summed E-state index contributed by atoms with van der Waals surface area (Å²) in [4.78, 5) is 2.18. The predicted octanol–water partition coefficient (Wildman–Crippen LogP) is 1.02. The molecule has 10 heavy (non-hydrogen) atoms. The summed E-state index contributed by atoms with van der Waals surface area (Å²) in [5.74, 6) is 1.96. The van der Waals surface area contributed by atoms with Crippen molar-refractivity contribution in [1.82, 2.24) is 10.2 Å². The minimum atomic E-state index is 0.940. The molecular formula is C8H16N2. The average Bonchev–Trinajstić information content (AvgIpc) is 2.70. The molecule has 0 aromatic carbocycles. The van der Waals surface area contributed by atoms with Crippen molar-refractivity contribution in [2.75, 3.05) is 20.6 Å². The summed E-state index contributed by atoms with van der Waals surface area (Å²) in [7, 11) is 3.99. The van der Waals surface area contributed by atoms with Gasteiger partial charge in [-0.1, -0.05) is 6.58 Å². The van der Waals surface area contributed by atoms with Crippen molar-refractivity contribution in [2.24, 2.45) is 5.92 Å². The Kier molecular flexibility index (Phi) is 2.20. The lowest BCUT2D eigenvalue weighted by Crippen LogP contribution is -2.26. The van der Waals surface area contributed by atoms with Crippen molar-refractivity contribution < 1.29 is 0 Å². The Labute approximate surface area is 62.9 Å². The third-order valence-electron chi connectivity index (χ3n) is 1.98.